The van der Waals surface area contributed by atoms with Crippen LogP contribution in [0.3, 0.4) is 0 Å². The molecule has 32 heavy (non-hydrogen) atoms. The number of hydrogen-bond donors (Lipinski definition) is 2. The van der Waals surface area contributed by atoms with Gasteiger partial charge in [-0.2, -0.15) is 0 Å². The van der Waals surface area contributed by atoms with Crippen LogP contribution in [0.25, 0.3) is 0 Å². The van der Waals surface area contributed by atoms with Crippen molar-refractivity contribution in [1.82, 2.24) is 15.3 Å². The third-order valence-corrected chi connectivity index (χ3v) is 5.83. The van der Waals surface area contributed by atoms with E-state index in [0.717, 1.165) is 17.0 Å². The summed E-state index contributed by atoms with van der Waals surface area (Å²) in [6, 6.07) is 16.1. The number of benzene rings is 2. The van der Waals surface area contributed by atoms with Crippen LogP contribution in [0.1, 0.15) is 43.5 Å². The Balaban J connectivity index is 1.38. The Labute approximate surface area is 187 Å². The maximum absolute atomic E-state index is 10.7. The topological polar surface area (TPSA) is 93.6 Å². The molecule has 3 aromatic rings. The van der Waals surface area contributed by atoms with Crippen molar-refractivity contribution < 1.29 is 19.4 Å². The predicted octanol–water partition coefficient (Wildman–Crippen LogP) is 5.08. The van der Waals surface area contributed by atoms with Crippen LogP contribution in [0, 0.1) is 6.92 Å². The van der Waals surface area contributed by atoms with Crippen LogP contribution in [0.4, 0.5) is 4.79 Å². The highest BCUT2D eigenvalue weighted by Gasteiger charge is 2.32. The van der Waals surface area contributed by atoms with E-state index in [1.165, 1.54) is 5.56 Å². The first-order chi connectivity index (χ1) is 15.3. The Morgan fingerprint density at radius 2 is 1.59 bits per heavy atom. The summed E-state index contributed by atoms with van der Waals surface area (Å²) in [7, 11) is 0. The predicted molar refractivity (Wildman–Crippen MR) is 120 cm³/mol. The molecule has 0 bridgehead atoms. The average molecular weight is 434 g/mol. The Morgan fingerprint density at radius 3 is 2.16 bits per heavy atom. The summed E-state index contributed by atoms with van der Waals surface area (Å²) in [6.45, 7) is 6.24. The molecule has 1 fully saturated rings. The van der Waals surface area contributed by atoms with Gasteiger partial charge in [0.1, 0.15) is 17.6 Å². The van der Waals surface area contributed by atoms with Crippen molar-refractivity contribution in [2.75, 3.05) is 0 Å². The molecule has 2 N–H and O–H groups in total. The third-order valence-electron chi connectivity index (χ3n) is 5.83. The van der Waals surface area contributed by atoms with Gasteiger partial charge in [0, 0.05) is 30.5 Å². The number of aromatic nitrogens is 2. The minimum absolute atomic E-state index is 0.0133. The summed E-state index contributed by atoms with van der Waals surface area (Å²) in [5, 5.41) is 11.2. The van der Waals surface area contributed by atoms with E-state index in [1.54, 1.807) is 12.4 Å². The van der Waals surface area contributed by atoms with Gasteiger partial charge in [0.25, 0.3) is 0 Å². The molecule has 2 aromatic carbocycles. The zero-order valence-corrected chi connectivity index (χ0v) is 18.4. The smallest absolute Gasteiger partial charge is 0.404 e. The van der Waals surface area contributed by atoms with E-state index in [0.29, 0.717) is 24.5 Å². The summed E-state index contributed by atoms with van der Waals surface area (Å²) in [5.74, 6) is 1.99. The normalized spacial score (nSPS) is 17.8. The largest absolute Gasteiger partial charge is 0.490 e. The first-order valence-corrected chi connectivity index (χ1v) is 10.6. The third kappa shape index (κ3) is 4.99. The molecule has 166 valence electrons. The molecule has 1 saturated carbocycles. The molecule has 0 saturated heterocycles. The number of carbonyl (C=O) groups is 1. The maximum atomic E-state index is 10.7. The molecule has 1 amide bonds. The fraction of sp³-hybridized carbons (Fsp3) is 0.320. The van der Waals surface area contributed by atoms with Crippen molar-refractivity contribution in [2.45, 2.75) is 51.2 Å². The monoisotopic (exact) mass is 433 g/mol. The van der Waals surface area contributed by atoms with E-state index in [2.05, 4.69) is 53.4 Å². The molecule has 7 nitrogen and oxygen atoms in total. The average Bonchev–Trinajstić information content (AvgIpc) is 2.73. The van der Waals surface area contributed by atoms with Gasteiger partial charge in [-0.05, 0) is 42.3 Å². The highest BCUT2D eigenvalue weighted by atomic mass is 16.5. The number of nitrogens with zero attached hydrogens (tertiary/aromatic N) is 2. The van der Waals surface area contributed by atoms with Crippen LogP contribution in [0.2, 0.25) is 0 Å². The van der Waals surface area contributed by atoms with Crippen molar-refractivity contribution in [3.05, 3.63) is 77.7 Å². The standard InChI is InChI=1S/C25H27N3O4/c1-16-14-26-15-23(27-16)32-21-10-6-18(7-11-21)25(2,3)17-4-8-20(9-5-17)31-22-12-19(13-22)28-24(29)30/h4-11,14-15,19,22,28H,12-13H2,1-3H3,(H,29,30). The first-order valence-electron chi connectivity index (χ1n) is 10.6. The van der Waals surface area contributed by atoms with Crippen molar-refractivity contribution >= 4 is 6.09 Å². The van der Waals surface area contributed by atoms with Crippen LogP contribution in [0.5, 0.6) is 17.4 Å². The SMILES string of the molecule is Cc1cncc(Oc2ccc(C(C)(C)c3ccc(OC4CC(NC(=O)O)C4)cc3)cc2)n1. The van der Waals surface area contributed by atoms with E-state index in [1.807, 2.05) is 31.2 Å². The molecule has 1 aromatic heterocycles. The molecule has 1 aliphatic carbocycles. The van der Waals surface area contributed by atoms with Gasteiger partial charge in [-0.25, -0.2) is 9.78 Å². The highest BCUT2D eigenvalue weighted by Crippen LogP contribution is 2.34. The lowest BCUT2D eigenvalue weighted by Crippen LogP contribution is -2.48. The molecule has 1 heterocycles. The number of hydrogen-bond acceptors (Lipinski definition) is 5. The fourth-order valence-corrected chi connectivity index (χ4v) is 3.81. The molecule has 0 atom stereocenters. The summed E-state index contributed by atoms with van der Waals surface area (Å²) in [5.41, 5.74) is 2.94. The lowest BCUT2D eigenvalue weighted by atomic mass is 9.78. The van der Waals surface area contributed by atoms with Gasteiger partial charge in [-0.15, -0.1) is 0 Å². The minimum atomic E-state index is -0.983. The summed E-state index contributed by atoms with van der Waals surface area (Å²) in [6.07, 6.45) is 3.75. The number of nitrogens with one attached hydrogen (secondary N) is 1. The van der Waals surface area contributed by atoms with E-state index in [-0.39, 0.29) is 17.6 Å². The van der Waals surface area contributed by atoms with Crippen LogP contribution in [0.15, 0.2) is 60.9 Å². The molecular weight excluding hydrogens is 406 g/mol. The Kier molecular flexibility index (Phi) is 5.99. The van der Waals surface area contributed by atoms with E-state index in [9.17, 15) is 4.79 Å². The first kappa shape index (κ1) is 21.6. The van der Waals surface area contributed by atoms with Gasteiger partial charge >= 0.3 is 6.09 Å². The van der Waals surface area contributed by atoms with Crippen molar-refractivity contribution in [1.29, 1.82) is 0 Å². The molecule has 0 radical (unpaired) electrons. The van der Waals surface area contributed by atoms with Gasteiger partial charge in [-0.1, -0.05) is 38.1 Å². The second-order valence-corrected chi connectivity index (χ2v) is 8.63. The Morgan fingerprint density at radius 1 is 1.00 bits per heavy atom. The number of rotatable bonds is 7. The van der Waals surface area contributed by atoms with Gasteiger partial charge < -0.3 is 19.9 Å². The van der Waals surface area contributed by atoms with E-state index < -0.39 is 6.09 Å². The van der Waals surface area contributed by atoms with Crippen molar-refractivity contribution in [3.63, 3.8) is 0 Å². The molecule has 0 unspecified atom stereocenters. The van der Waals surface area contributed by atoms with E-state index >= 15 is 0 Å². The molecule has 7 heteroatoms. The van der Waals surface area contributed by atoms with Crippen molar-refractivity contribution in [3.8, 4) is 17.4 Å². The lowest BCUT2D eigenvalue weighted by Gasteiger charge is -2.35. The molecule has 0 aliphatic heterocycles. The Hall–Kier alpha value is -3.61. The van der Waals surface area contributed by atoms with Gasteiger partial charge in [0.15, 0.2) is 0 Å². The van der Waals surface area contributed by atoms with Crippen LogP contribution in [-0.4, -0.2) is 33.3 Å². The number of ether oxygens (including phenoxy) is 2. The minimum Gasteiger partial charge on any atom is -0.490 e. The van der Waals surface area contributed by atoms with E-state index in [4.69, 9.17) is 14.6 Å². The Bertz CT molecular complexity index is 1080. The lowest BCUT2D eigenvalue weighted by molar-refractivity contribution is 0.0833. The zero-order valence-electron chi connectivity index (χ0n) is 18.4. The fourth-order valence-electron chi connectivity index (χ4n) is 3.81. The second-order valence-electron chi connectivity index (χ2n) is 8.63. The van der Waals surface area contributed by atoms with Crippen molar-refractivity contribution in [2.24, 2.45) is 0 Å². The summed E-state index contributed by atoms with van der Waals surface area (Å²) in [4.78, 5) is 19.1. The molecule has 1 aliphatic rings. The summed E-state index contributed by atoms with van der Waals surface area (Å²) >= 11 is 0. The number of carboxylic acid groups (broad SMARTS) is 1. The maximum Gasteiger partial charge on any atom is 0.404 e. The summed E-state index contributed by atoms with van der Waals surface area (Å²) < 4.78 is 11.8. The van der Waals surface area contributed by atoms with Crippen LogP contribution >= 0.6 is 0 Å². The number of amides is 1. The quantitative estimate of drug-likeness (QED) is 0.540. The van der Waals surface area contributed by atoms with Gasteiger partial charge in [-0.3, -0.25) is 4.98 Å². The molecule has 4 rings (SSSR count). The molecular formula is C25H27N3O4. The van der Waals surface area contributed by atoms with Crippen LogP contribution < -0.4 is 14.8 Å². The highest BCUT2D eigenvalue weighted by molar-refractivity contribution is 5.65. The van der Waals surface area contributed by atoms with Crippen LogP contribution in [-0.2, 0) is 5.41 Å². The zero-order chi connectivity index (χ0) is 22.7. The number of aryl methyl sites for hydroxylation is 1. The second kappa shape index (κ2) is 8.86. The van der Waals surface area contributed by atoms with Gasteiger partial charge in [0.2, 0.25) is 5.88 Å². The van der Waals surface area contributed by atoms with Gasteiger partial charge in [0.05, 0.1) is 11.9 Å². The molecule has 0 spiro atoms.